The Labute approximate surface area is 83.6 Å². The van der Waals surface area contributed by atoms with E-state index in [-0.39, 0.29) is 11.1 Å². The Balaban J connectivity index is 2.98. The summed E-state index contributed by atoms with van der Waals surface area (Å²) in [6, 6.07) is 6.69. The van der Waals surface area contributed by atoms with E-state index in [9.17, 15) is 9.46 Å². The fourth-order valence-electron chi connectivity index (χ4n) is 0.997. The molecule has 4 heteroatoms. The minimum atomic E-state index is -3.72. The summed E-state index contributed by atoms with van der Waals surface area (Å²) >= 11 is 0. The van der Waals surface area contributed by atoms with E-state index in [0.29, 0.717) is 0 Å². The smallest absolute Gasteiger partial charge is 0.407 e. The maximum Gasteiger partial charge on any atom is 0.407 e. The van der Waals surface area contributed by atoms with E-state index in [1.54, 1.807) is 24.3 Å². The molecule has 1 atom stereocenters. The predicted octanol–water partition coefficient (Wildman–Crippen LogP) is 2.36. The molecule has 0 heterocycles. The van der Waals surface area contributed by atoms with Crippen LogP contribution in [0.1, 0.15) is 12.5 Å². The maximum atomic E-state index is 11.6. The second-order valence-corrected chi connectivity index (χ2v) is 4.89. The quantitative estimate of drug-likeness (QED) is 0.618. The molecule has 0 fully saturated rings. The third kappa shape index (κ3) is 2.72. The average Bonchev–Trinajstić information content (AvgIpc) is 2.02. The van der Waals surface area contributed by atoms with Crippen LogP contribution in [0.15, 0.2) is 36.6 Å². The highest BCUT2D eigenvalue weighted by Gasteiger charge is 2.23. The van der Waals surface area contributed by atoms with Crippen molar-refractivity contribution in [3.63, 3.8) is 0 Å². The second kappa shape index (κ2) is 3.99. The van der Waals surface area contributed by atoms with Crippen LogP contribution in [0.25, 0.3) is 0 Å². The predicted molar refractivity (Wildman–Crippen MR) is 56.5 cm³/mol. The van der Waals surface area contributed by atoms with Gasteiger partial charge in [-0.3, -0.25) is 0 Å². The highest BCUT2D eigenvalue weighted by molar-refractivity contribution is 7.61. The standard InChI is InChI=1S/C10H13O3P/c1-8(2)13-14(11,12)10-6-4-9(3)5-7-10/h4-7H,1H2,2-3H3,(H,11,12). The summed E-state index contributed by atoms with van der Waals surface area (Å²) in [5.41, 5.74) is 1.03. The van der Waals surface area contributed by atoms with Crippen LogP contribution in [0.3, 0.4) is 0 Å². The first-order valence-electron chi connectivity index (χ1n) is 4.17. The van der Waals surface area contributed by atoms with Crippen LogP contribution in [0.5, 0.6) is 0 Å². The highest BCUT2D eigenvalue weighted by atomic mass is 31.2. The summed E-state index contributed by atoms with van der Waals surface area (Å²) < 4.78 is 16.4. The Morgan fingerprint density at radius 1 is 1.43 bits per heavy atom. The number of allylic oxidation sites excluding steroid dienone is 1. The third-order valence-electron chi connectivity index (χ3n) is 1.64. The van der Waals surface area contributed by atoms with Gasteiger partial charge in [-0.05, 0) is 26.0 Å². The van der Waals surface area contributed by atoms with E-state index >= 15 is 0 Å². The molecule has 0 saturated heterocycles. The van der Waals surface area contributed by atoms with Crippen molar-refractivity contribution in [1.82, 2.24) is 0 Å². The highest BCUT2D eigenvalue weighted by Crippen LogP contribution is 2.42. The van der Waals surface area contributed by atoms with E-state index < -0.39 is 7.60 Å². The molecular formula is C10H13O3P. The fourth-order valence-corrected chi connectivity index (χ4v) is 2.05. The molecule has 76 valence electrons. The largest absolute Gasteiger partial charge is 0.427 e. The average molecular weight is 212 g/mol. The van der Waals surface area contributed by atoms with Crippen LogP contribution >= 0.6 is 7.60 Å². The Morgan fingerprint density at radius 3 is 2.36 bits per heavy atom. The molecule has 1 aromatic rings. The van der Waals surface area contributed by atoms with Crippen molar-refractivity contribution < 1.29 is 14.0 Å². The van der Waals surface area contributed by atoms with E-state index in [1.165, 1.54) is 6.92 Å². The molecule has 0 radical (unpaired) electrons. The van der Waals surface area contributed by atoms with Crippen LogP contribution in [-0.4, -0.2) is 4.89 Å². The van der Waals surface area contributed by atoms with E-state index in [1.807, 2.05) is 6.92 Å². The first-order valence-corrected chi connectivity index (χ1v) is 5.75. The van der Waals surface area contributed by atoms with Crippen LogP contribution in [0.4, 0.5) is 0 Å². The normalized spacial score (nSPS) is 14.5. The molecule has 3 nitrogen and oxygen atoms in total. The Bertz CT molecular complexity index is 381. The zero-order valence-corrected chi connectivity index (χ0v) is 9.12. The fraction of sp³-hybridized carbons (Fsp3) is 0.200. The molecule has 1 aromatic carbocycles. The Morgan fingerprint density at radius 2 is 1.93 bits per heavy atom. The van der Waals surface area contributed by atoms with Gasteiger partial charge in [0, 0.05) is 0 Å². The number of benzene rings is 1. The van der Waals surface area contributed by atoms with Gasteiger partial charge < -0.3 is 9.42 Å². The van der Waals surface area contributed by atoms with Crippen molar-refractivity contribution in [2.24, 2.45) is 0 Å². The van der Waals surface area contributed by atoms with Crippen molar-refractivity contribution in [1.29, 1.82) is 0 Å². The zero-order valence-electron chi connectivity index (χ0n) is 8.23. The zero-order chi connectivity index (χ0) is 10.8. The van der Waals surface area contributed by atoms with Crippen molar-refractivity contribution in [2.75, 3.05) is 0 Å². The lowest BCUT2D eigenvalue weighted by Gasteiger charge is -2.12. The van der Waals surface area contributed by atoms with Gasteiger partial charge in [0.1, 0.15) is 0 Å². The summed E-state index contributed by atoms with van der Waals surface area (Å²) in [6.45, 7) is 6.88. The lowest BCUT2D eigenvalue weighted by Crippen LogP contribution is -2.05. The van der Waals surface area contributed by atoms with Gasteiger partial charge in [-0.25, -0.2) is 4.57 Å². The van der Waals surface area contributed by atoms with Gasteiger partial charge in [-0.1, -0.05) is 24.3 Å². The van der Waals surface area contributed by atoms with E-state index in [2.05, 4.69) is 6.58 Å². The van der Waals surface area contributed by atoms with Crippen molar-refractivity contribution in [2.45, 2.75) is 13.8 Å². The lowest BCUT2D eigenvalue weighted by atomic mass is 10.2. The molecule has 0 aromatic heterocycles. The van der Waals surface area contributed by atoms with Gasteiger partial charge in [-0.15, -0.1) is 0 Å². The molecule has 14 heavy (non-hydrogen) atoms. The summed E-state index contributed by atoms with van der Waals surface area (Å²) in [5.74, 6) is 0.233. The first-order chi connectivity index (χ1) is 6.42. The van der Waals surface area contributed by atoms with Crippen LogP contribution in [0.2, 0.25) is 0 Å². The molecule has 0 amide bonds. The SMILES string of the molecule is C=C(C)OP(=O)(O)c1ccc(C)cc1. The molecule has 0 aliphatic rings. The summed E-state index contributed by atoms with van der Waals surface area (Å²) in [7, 11) is -3.72. The molecule has 1 unspecified atom stereocenters. The molecule has 0 spiro atoms. The monoisotopic (exact) mass is 212 g/mol. The van der Waals surface area contributed by atoms with E-state index in [0.717, 1.165) is 5.56 Å². The van der Waals surface area contributed by atoms with Gasteiger partial charge in [0.25, 0.3) is 0 Å². The minimum absolute atomic E-state index is 0.233. The molecule has 0 saturated carbocycles. The van der Waals surface area contributed by atoms with Crippen LogP contribution in [0, 0.1) is 6.92 Å². The molecule has 0 aliphatic carbocycles. The number of hydrogen-bond acceptors (Lipinski definition) is 2. The lowest BCUT2D eigenvalue weighted by molar-refractivity contribution is 0.338. The molecule has 0 aliphatic heterocycles. The Kier molecular flexibility index (Phi) is 3.14. The molecular weight excluding hydrogens is 199 g/mol. The summed E-state index contributed by atoms with van der Waals surface area (Å²) in [5, 5.41) is 0.283. The van der Waals surface area contributed by atoms with Gasteiger partial charge in [-0.2, -0.15) is 0 Å². The van der Waals surface area contributed by atoms with Gasteiger partial charge in [0.15, 0.2) is 0 Å². The number of hydrogen-bond donors (Lipinski definition) is 1. The van der Waals surface area contributed by atoms with Crippen LogP contribution in [-0.2, 0) is 9.09 Å². The van der Waals surface area contributed by atoms with Gasteiger partial charge >= 0.3 is 7.60 Å². The first kappa shape index (κ1) is 11.0. The van der Waals surface area contributed by atoms with Gasteiger partial charge in [0.2, 0.25) is 0 Å². The second-order valence-electron chi connectivity index (χ2n) is 3.15. The Hall–Kier alpha value is -1.05. The minimum Gasteiger partial charge on any atom is -0.427 e. The van der Waals surface area contributed by atoms with Crippen molar-refractivity contribution in [3.8, 4) is 0 Å². The van der Waals surface area contributed by atoms with Crippen molar-refractivity contribution in [3.05, 3.63) is 42.2 Å². The summed E-state index contributed by atoms with van der Waals surface area (Å²) in [4.78, 5) is 9.52. The molecule has 0 bridgehead atoms. The molecule has 1 rings (SSSR count). The third-order valence-corrected chi connectivity index (χ3v) is 3.15. The van der Waals surface area contributed by atoms with Crippen molar-refractivity contribution >= 4 is 12.9 Å². The number of rotatable bonds is 3. The van der Waals surface area contributed by atoms with Crippen LogP contribution < -0.4 is 5.30 Å². The topological polar surface area (TPSA) is 46.5 Å². The molecule has 1 N–H and O–H groups in total. The van der Waals surface area contributed by atoms with E-state index in [4.69, 9.17) is 4.52 Å². The maximum absolute atomic E-state index is 11.6. The van der Waals surface area contributed by atoms with Gasteiger partial charge in [0.05, 0.1) is 11.1 Å². The summed E-state index contributed by atoms with van der Waals surface area (Å²) in [6.07, 6.45) is 0. The number of aryl methyl sites for hydroxylation is 1.